The second-order valence-corrected chi connectivity index (χ2v) is 9.37. The zero-order chi connectivity index (χ0) is 22.8. The molecule has 0 saturated carbocycles. The molecule has 1 spiro atoms. The molecule has 3 N–H and O–H groups in total. The van der Waals surface area contributed by atoms with Crippen molar-refractivity contribution in [1.82, 2.24) is 15.5 Å². The van der Waals surface area contributed by atoms with Crippen molar-refractivity contribution in [3.63, 3.8) is 0 Å². The van der Waals surface area contributed by atoms with Crippen molar-refractivity contribution in [1.29, 1.82) is 0 Å². The van der Waals surface area contributed by atoms with Gasteiger partial charge in [-0.25, -0.2) is 0 Å². The number of nitrogens with zero attached hydrogens (tertiary/aromatic N) is 1. The Bertz CT molecular complexity index is 752. The fourth-order valence-electron chi connectivity index (χ4n) is 4.97. The topological polar surface area (TPSA) is 98.7 Å². The number of aryl methyl sites for hydroxylation is 1. The highest BCUT2D eigenvalue weighted by Gasteiger charge is 2.36. The molecule has 2 aliphatic rings. The quantitative estimate of drug-likeness (QED) is 0.516. The van der Waals surface area contributed by atoms with Crippen LogP contribution in [0.4, 0.5) is 0 Å². The van der Waals surface area contributed by atoms with Crippen molar-refractivity contribution in [2.24, 2.45) is 5.41 Å². The number of carbonyl (C=O) groups is 3. The van der Waals surface area contributed by atoms with Crippen molar-refractivity contribution in [3.05, 3.63) is 35.9 Å². The number of carboxylic acid groups (broad SMARTS) is 1. The largest absolute Gasteiger partial charge is 0.481 e. The third kappa shape index (κ3) is 7.62. The molecule has 2 fully saturated rings. The molecule has 176 valence electrons. The molecule has 7 nitrogen and oxygen atoms in total. The van der Waals surface area contributed by atoms with Gasteiger partial charge in [-0.3, -0.25) is 14.4 Å². The molecular weight excluding hydrogens is 406 g/mol. The second kappa shape index (κ2) is 12.0. The van der Waals surface area contributed by atoms with E-state index >= 15 is 0 Å². The summed E-state index contributed by atoms with van der Waals surface area (Å²) in [5.41, 5.74) is 1.54. The maximum absolute atomic E-state index is 12.6. The summed E-state index contributed by atoms with van der Waals surface area (Å²) < 4.78 is 0. The lowest BCUT2D eigenvalue weighted by Gasteiger charge is -2.44. The van der Waals surface area contributed by atoms with Gasteiger partial charge in [0.1, 0.15) is 0 Å². The highest BCUT2D eigenvalue weighted by Crippen LogP contribution is 2.39. The predicted octanol–water partition coefficient (Wildman–Crippen LogP) is 2.74. The lowest BCUT2D eigenvalue weighted by Crippen LogP contribution is -2.47. The Morgan fingerprint density at radius 3 is 2.38 bits per heavy atom. The first-order chi connectivity index (χ1) is 15.5. The Balaban J connectivity index is 1.36. The van der Waals surface area contributed by atoms with Gasteiger partial charge in [0.15, 0.2) is 0 Å². The summed E-state index contributed by atoms with van der Waals surface area (Å²) in [6, 6.07) is 9.44. The van der Waals surface area contributed by atoms with Crippen molar-refractivity contribution < 1.29 is 19.5 Å². The number of likely N-dealkylation sites (tertiary alicyclic amines) is 1. The van der Waals surface area contributed by atoms with Crippen LogP contribution >= 0.6 is 0 Å². The molecule has 2 saturated heterocycles. The lowest BCUT2D eigenvalue weighted by molar-refractivity contribution is -0.137. The molecule has 2 amide bonds. The smallest absolute Gasteiger partial charge is 0.305 e. The van der Waals surface area contributed by atoms with E-state index in [1.807, 2.05) is 35.2 Å². The molecule has 1 aromatic rings. The molecule has 0 radical (unpaired) electrons. The highest BCUT2D eigenvalue weighted by atomic mass is 16.4. The fourth-order valence-corrected chi connectivity index (χ4v) is 4.97. The fraction of sp³-hybridized carbons (Fsp3) is 0.640. The van der Waals surface area contributed by atoms with Gasteiger partial charge < -0.3 is 20.6 Å². The molecule has 0 aromatic heterocycles. The lowest BCUT2D eigenvalue weighted by atomic mass is 9.71. The third-order valence-electron chi connectivity index (χ3n) is 7.05. The molecule has 1 unspecified atom stereocenters. The van der Waals surface area contributed by atoms with Crippen LogP contribution in [0.25, 0.3) is 0 Å². The van der Waals surface area contributed by atoms with Crippen LogP contribution < -0.4 is 10.6 Å². The van der Waals surface area contributed by atoms with E-state index in [1.165, 1.54) is 12.8 Å². The zero-order valence-electron chi connectivity index (χ0n) is 19.0. The van der Waals surface area contributed by atoms with Crippen LogP contribution in [0.15, 0.2) is 30.3 Å². The molecule has 1 aromatic carbocycles. The normalized spacial score (nSPS) is 18.8. The van der Waals surface area contributed by atoms with Crippen LogP contribution in [0, 0.1) is 5.41 Å². The second-order valence-electron chi connectivity index (χ2n) is 9.37. The SMILES string of the molecule is O=C(O)CC(CCc1ccccc1)NC(=O)CCCC(=O)N1CCC2(CCNCC2)CC1. The number of carboxylic acids is 1. The van der Waals surface area contributed by atoms with E-state index in [4.69, 9.17) is 0 Å². The first-order valence-electron chi connectivity index (χ1n) is 12.0. The van der Waals surface area contributed by atoms with Gasteiger partial charge in [-0.05, 0) is 69.0 Å². The minimum Gasteiger partial charge on any atom is -0.481 e. The molecule has 0 aliphatic carbocycles. The minimum atomic E-state index is -0.921. The zero-order valence-corrected chi connectivity index (χ0v) is 19.0. The van der Waals surface area contributed by atoms with Crippen LogP contribution in [0.2, 0.25) is 0 Å². The summed E-state index contributed by atoms with van der Waals surface area (Å²) in [5.74, 6) is -0.965. The number of amides is 2. The molecule has 2 heterocycles. The Morgan fingerprint density at radius 2 is 1.72 bits per heavy atom. The average Bonchev–Trinajstić information content (AvgIpc) is 2.79. The van der Waals surface area contributed by atoms with E-state index in [0.29, 0.717) is 31.1 Å². The highest BCUT2D eigenvalue weighted by molar-refractivity contribution is 5.79. The van der Waals surface area contributed by atoms with E-state index in [0.717, 1.165) is 44.6 Å². The van der Waals surface area contributed by atoms with Crippen LogP contribution in [-0.4, -0.2) is 60.0 Å². The number of carbonyl (C=O) groups excluding carboxylic acids is 2. The number of benzene rings is 1. The number of rotatable bonds is 10. The number of nitrogens with one attached hydrogen (secondary N) is 2. The van der Waals surface area contributed by atoms with E-state index in [2.05, 4.69) is 10.6 Å². The van der Waals surface area contributed by atoms with Crippen molar-refractivity contribution in [2.45, 2.75) is 70.3 Å². The Morgan fingerprint density at radius 1 is 1.03 bits per heavy atom. The summed E-state index contributed by atoms with van der Waals surface area (Å²) in [5, 5.41) is 15.5. The van der Waals surface area contributed by atoms with E-state index in [-0.39, 0.29) is 24.7 Å². The van der Waals surface area contributed by atoms with E-state index < -0.39 is 12.0 Å². The van der Waals surface area contributed by atoms with Gasteiger partial charge in [0.25, 0.3) is 0 Å². The van der Waals surface area contributed by atoms with Crippen LogP contribution in [0.1, 0.15) is 63.4 Å². The van der Waals surface area contributed by atoms with Gasteiger partial charge in [-0.1, -0.05) is 30.3 Å². The molecule has 32 heavy (non-hydrogen) atoms. The summed E-state index contributed by atoms with van der Waals surface area (Å²) in [6.45, 7) is 3.81. The molecule has 2 aliphatic heterocycles. The van der Waals surface area contributed by atoms with Gasteiger partial charge in [0.2, 0.25) is 11.8 Å². The van der Waals surface area contributed by atoms with Gasteiger partial charge in [-0.15, -0.1) is 0 Å². The number of hydrogen-bond donors (Lipinski definition) is 3. The van der Waals surface area contributed by atoms with Crippen molar-refractivity contribution in [2.75, 3.05) is 26.2 Å². The van der Waals surface area contributed by atoms with Crippen LogP contribution in [0.5, 0.6) is 0 Å². The van der Waals surface area contributed by atoms with Gasteiger partial charge in [0.05, 0.1) is 6.42 Å². The Hall–Kier alpha value is -2.41. The summed E-state index contributed by atoms with van der Waals surface area (Å²) in [4.78, 5) is 38.1. The van der Waals surface area contributed by atoms with Crippen LogP contribution in [0.3, 0.4) is 0 Å². The molecular formula is C25H37N3O4. The standard InChI is InChI=1S/C25H37N3O4/c29-22(27-21(19-24(31)32)10-9-20-5-2-1-3-6-20)7-4-8-23(30)28-17-13-25(14-18-28)11-15-26-16-12-25/h1-3,5-6,21,26H,4,7-19H2,(H,27,29)(H,31,32). The molecule has 0 bridgehead atoms. The van der Waals surface area contributed by atoms with E-state index in [1.54, 1.807) is 0 Å². The number of aliphatic carboxylic acids is 1. The summed E-state index contributed by atoms with van der Waals surface area (Å²) in [7, 11) is 0. The first kappa shape index (κ1) is 24.2. The monoisotopic (exact) mass is 443 g/mol. The third-order valence-corrected chi connectivity index (χ3v) is 7.05. The summed E-state index contributed by atoms with van der Waals surface area (Å²) in [6.07, 6.45) is 6.88. The molecule has 7 heteroatoms. The predicted molar refractivity (Wildman–Crippen MR) is 123 cm³/mol. The van der Waals surface area contributed by atoms with Crippen LogP contribution in [-0.2, 0) is 20.8 Å². The van der Waals surface area contributed by atoms with Gasteiger partial charge >= 0.3 is 5.97 Å². The van der Waals surface area contributed by atoms with Gasteiger partial charge in [-0.2, -0.15) is 0 Å². The molecule has 3 rings (SSSR count). The molecule has 1 atom stereocenters. The van der Waals surface area contributed by atoms with Crippen molar-refractivity contribution >= 4 is 17.8 Å². The number of piperidine rings is 2. The van der Waals surface area contributed by atoms with Gasteiger partial charge in [0, 0.05) is 32.0 Å². The average molecular weight is 444 g/mol. The maximum atomic E-state index is 12.6. The number of hydrogen-bond acceptors (Lipinski definition) is 4. The Kier molecular flexibility index (Phi) is 9.09. The first-order valence-corrected chi connectivity index (χ1v) is 12.0. The van der Waals surface area contributed by atoms with Crippen molar-refractivity contribution in [3.8, 4) is 0 Å². The Labute approximate surface area is 190 Å². The minimum absolute atomic E-state index is 0.0947. The van der Waals surface area contributed by atoms with E-state index in [9.17, 15) is 19.5 Å². The maximum Gasteiger partial charge on any atom is 0.305 e. The summed E-state index contributed by atoms with van der Waals surface area (Å²) >= 11 is 0.